The summed E-state index contributed by atoms with van der Waals surface area (Å²) in [5.74, 6) is -1.30. The van der Waals surface area contributed by atoms with Crippen molar-refractivity contribution in [3.63, 3.8) is 0 Å². The molecule has 0 saturated heterocycles. The molecule has 0 aliphatic heterocycles. The molecule has 70 valence electrons. The molecule has 1 aromatic heterocycles. The highest BCUT2D eigenvalue weighted by atomic mass is 16.4. The summed E-state index contributed by atoms with van der Waals surface area (Å²) < 4.78 is 0. The van der Waals surface area contributed by atoms with Gasteiger partial charge >= 0.3 is 5.97 Å². The lowest BCUT2D eigenvalue weighted by molar-refractivity contribution is 0.0688. The Morgan fingerprint density at radius 1 is 1.62 bits per heavy atom. The molecule has 1 heterocycles. The summed E-state index contributed by atoms with van der Waals surface area (Å²) in [6.45, 7) is 3.54. The maximum atomic E-state index is 11.1. The third-order valence-electron chi connectivity index (χ3n) is 1.73. The number of nitrogens with one attached hydrogen (secondary N) is 1. The van der Waals surface area contributed by atoms with E-state index in [-0.39, 0.29) is 0 Å². The lowest BCUT2D eigenvalue weighted by Gasteiger charge is -2.01. The summed E-state index contributed by atoms with van der Waals surface area (Å²) in [5, 5.41) is 8.59. The fourth-order valence-corrected chi connectivity index (χ4v) is 1.06. The number of aryl methyl sites for hydroxylation is 2. The molecule has 5 heteroatoms. The first-order valence-electron chi connectivity index (χ1n) is 3.89. The van der Waals surface area contributed by atoms with Gasteiger partial charge in [0.15, 0.2) is 0 Å². The van der Waals surface area contributed by atoms with Gasteiger partial charge in [-0.05, 0) is 13.3 Å². The number of hydrogen-bond donors (Lipinski definition) is 2. The summed E-state index contributed by atoms with van der Waals surface area (Å²) in [7, 11) is 0. The van der Waals surface area contributed by atoms with Crippen LogP contribution in [0.4, 0.5) is 0 Å². The lowest BCUT2D eigenvalue weighted by atomic mass is 10.2. The normalized spacial score (nSPS) is 10.0. The molecule has 0 aliphatic rings. The molecule has 1 aromatic rings. The first-order chi connectivity index (χ1) is 6.06. The van der Waals surface area contributed by atoms with Crippen LogP contribution in [-0.2, 0) is 6.42 Å². The summed E-state index contributed by atoms with van der Waals surface area (Å²) in [6.07, 6.45) is 0.600. The van der Waals surface area contributed by atoms with Gasteiger partial charge in [0.2, 0.25) is 5.69 Å². The molecule has 0 unspecified atom stereocenters. The fourth-order valence-electron chi connectivity index (χ4n) is 1.06. The molecule has 2 N–H and O–H groups in total. The number of rotatable bonds is 2. The van der Waals surface area contributed by atoms with E-state index in [1.165, 1.54) is 0 Å². The number of carboxylic acids is 1. The molecule has 0 radical (unpaired) electrons. The zero-order valence-electron chi connectivity index (χ0n) is 7.42. The van der Waals surface area contributed by atoms with Gasteiger partial charge in [-0.1, -0.05) is 6.92 Å². The average molecular weight is 182 g/mol. The van der Waals surface area contributed by atoms with Gasteiger partial charge < -0.3 is 10.1 Å². The number of carbonyl (C=O) groups is 1. The van der Waals surface area contributed by atoms with Gasteiger partial charge in [0.05, 0.1) is 5.69 Å². The number of H-pyrrole nitrogens is 1. The third-order valence-corrected chi connectivity index (χ3v) is 1.73. The minimum atomic E-state index is -1.30. The van der Waals surface area contributed by atoms with E-state index >= 15 is 0 Å². The van der Waals surface area contributed by atoms with E-state index in [4.69, 9.17) is 5.11 Å². The maximum Gasteiger partial charge on any atom is 0.360 e. The Morgan fingerprint density at radius 3 is 2.69 bits per heavy atom. The van der Waals surface area contributed by atoms with Crippen LogP contribution in [0.5, 0.6) is 0 Å². The molecule has 0 spiro atoms. The van der Waals surface area contributed by atoms with Crippen molar-refractivity contribution >= 4 is 5.97 Å². The van der Waals surface area contributed by atoms with Crippen molar-refractivity contribution < 1.29 is 9.90 Å². The Morgan fingerprint density at radius 2 is 2.23 bits per heavy atom. The molecule has 0 aliphatic carbocycles. The second-order valence-electron chi connectivity index (χ2n) is 2.64. The summed E-state index contributed by atoms with van der Waals surface area (Å²) in [6, 6.07) is 0. The maximum absolute atomic E-state index is 11.1. The van der Waals surface area contributed by atoms with Crippen molar-refractivity contribution in [3.05, 3.63) is 27.4 Å². The quantitative estimate of drug-likeness (QED) is 0.690. The second-order valence-corrected chi connectivity index (χ2v) is 2.64. The molecule has 0 atom stereocenters. The number of aromatic amines is 1. The van der Waals surface area contributed by atoms with Crippen molar-refractivity contribution in [2.75, 3.05) is 0 Å². The van der Waals surface area contributed by atoms with Gasteiger partial charge in [0.25, 0.3) is 5.56 Å². The molecule has 0 saturated carbocycles. The molecular weight excluding hydrogens is 172 g/mol. The molecule has 0 aromatic carbocycles. The minimum Gasteiger partial charge on any atom is -0.476 e. The third kappa shape index (κ3) is 1.74. The van der Waals surface area contributed by atoms with E-state index in [1.807, 2.05) is 6.92 Å². The Labute approximate surface area is 74.4 Å². The van der Waals surface area contributed by atoms with Crippen LogP contribution in [0.15, 0.2) is 4.79 Å². The highest BCUT2D eigenvalue weighted by Gasteiger charge is 2.12. The number of nitrogens with zero attached hydrogens (tertiary/aromatic N) is 1. The molecular formula is C8H10N2O3. The van der Waals surface area contributed by atoms with Crippen LogP contribution >= 0.6 is 0 Å². The Bertz CT molecular complexity index is 395. The monoisotopic (exact) mass is 182 g/mol. The van der Waals surface area contributed by atoms with Crippen molar-refractivity contribution in [2.24, 2.45) is 0 Å². The van der Waals surface area contributed by atoms with E-state index in [0.29, 0.717) is 17.8 Å². The van der Waals surface area contributed by atoms with Crippen LogP contribution in [0.3, 0.4) is 0 Å². The van der Waals surface area contributed by atoms with Crippen LogP contribution in [0.1, 0.15) is 28.8 Å². The number of aromatic nitrogens is 2. The van der Waals surface area contributed by atoms with Crippen molar-refractivity contribution in [1.82, 2.24) is 9.97 Å². The van der Waals surface area contributed by atoms with Crippen LogP contribution < -0.4 is 5.56 Å². The van der Waals surface area contributed by atoms with Gasteiger partial charge in [0.1, 0.15) is 0 Å². The van der Waals surface area contributed by atoms with Gasteiger partial charge in [-0.25, -0.2) is 9.78 Å². The molecule has 5 nitrogen and oxygen atoms in total. The minimum absolute atomic E-state index is 0.442. The Kier molecular flexibility index (Phi) is 2.46. The number of carboxylic acid groups (broad SMARTS) is 1. The van der Waals surface area contributed by atoms with E-state index in [0.717, 1.165) is 0 Å². The number of aromatic carboxylic acids is 1. The van der Waals surface area contributed by atoms with Crippen molar-refractivity contribution in [2.45, 2.75) is 20.3 Å². The summed E-state index contributed by atoms with van der Waals surface area (Å²) >= 11 is 0. The van der Waals surface area contributed by atoms with E-state index in [1.54, 1.807) is 6.92 Å². The van der Waals surface area contributed by atoms with E-state index < -0.39 is 17.2 Å². The standard InChI is InChI=1S/C8H10N2O3/c1-3-5-4(2)9-7(11)6(10-5)8(12)13/h3H2,1-2H3,(H,9,11)(H,12,13). The van der Waals surface area contributed by atoms with E-state index in [2.05, 4.69) is 9.97 Å². The Hall–Kier alpha value is -1.65. The predicted molar refractivity (Wildman–Crippen MR) is 45.9 cm³/mol. The zero-order valence-corrected chi connectivity index (χ0v) is 7.42. The Balaban J connectivity index is 3.39. The largest absolute Gasteiger partial charge is 0.476 e. The summed E-state index contributed by atoms with van der Waals surface area (Å²) in [5.41, 5.74) is 0.138. The van der Waals surface area contributed by atoms with Crippen molar-refractivity contribution in [3.8, 4) is 0 Å². The smallest absolute Gasteiger partial charge is 0.360 e. The molecule has 0 bridgehead atoms. The molecule has 1 rings (SSSR count). The van der Waals surface area contributed by atoms with Crippen LogP contribution in [0, 0.1) is 6.92 Å². The lowest BCUT2D eigenvalue weighted by Crippen LogP contribution is -2.22. The summed E-state index contributed by atoms with van der Waals surface area (Å²) in [4.78, 5) is 27.8. The van der Waals surface area contributed by atoms with Crippen LogP contribution in [0.2, 0.25) is 0 Å². The molecule has 0 fully saturated rings. The fraction of sp³-hybridized carbons (Fsp3) is 0.375. The highest BCUT2D eigenvalue weighted by molar-refractivity contribution is 5.84. The first kappa shape index (κ1) is 9.44. The predicted octanol–water partition coefficient (Wildman–Crippen LogP) is 0.339. The average Bonchev–Trinajstić information content (AvgIpc) is 2.03. The van der Waals surface area contributed by atoms with Crippen LogP contribution in [-0.4, -0.2) is 21.0 Å². The van der Waals surface area contributed by atoms with E-state index in [9.17, 15) is 9.59 Å². The second kappa shape index (κ2) is 3.38. The SMILES string of the molecule is CCc1nc(C(=O)O)c(=O)[nH]c1C. The molecule has 0 amide bonds. The first-order valence-corrected chi connectivity index (χ1v) is 3.89. The topological polar surface area (TPSA) is 83.0 Å². The highest BCUT2D eigenvalue weighted by Crippen LogP contribution is 1.99. The van der Waals surface area contributed by atoms with Crippen LogP contribution in [0.25, 0.3) is 0 Å². The zero-order chi connectivity index (χ0) is 10.0. The van der Waals surface area contributed by atoms with Crippen molar-refractivity contribution in [1.29, 1.82) is 0 Å². The number of hydrogen-bond acceptors (Lipinski definition) is 3. The molecule has 13 heavy (non-hydrogen) atoms. The van der Waals surface area contributed by atoms with Gasteiger partial charge in [-0.3, -0.25) is 4.79 Å². The van der Waals surface area contributed by atoms with Gasteiger partial charge in [0, 0.05) is 5.69 Å². The van der Waals surface area contributed by atoms with Gasteiger partial charge in [-0.15, -0.1) is 0 Å². The van der Waals surface area contributed by atoms with Gasteiger partial charge in [-0.2, -0.15) is 0 Å².